The van der Waals surface area contributed by atoms with Crippen LogP contribution in [-0.2, 0) is 0 Å². The number of hydrogen-bond acceptors (Lipinski definition) is 5. The maximum absolute atomic E-state index is 6.35. The number of rotatable bonds is 4. The van der Waals surface area contributed by atoms with Gasteiger partial charge in [-0.1, -0.05) is 53.7 Å². The average molecular weight is 419 g/mol. The van der Waals surface area contributed by atoms with Crippen molar-refractivity contribution < 1.29 is 4.74 Å². The highest BCUT2D eigenvalue weighted by Gasteiger charge is 2.21. The number of thioether (sulfide) groups is 1. The predicted octanol–water partition coefficient (Wildman–Crippen LogP) is 5.75. The minimum atomic E-state index is 0.623. The van der Waals surface area contributed by atoms with Gasteiger partial charge < -0.3 is 4.74 Å². The lowest BCUT2D eigenvalue weighted by molar-refractivity contribution is 0.482. The van der Waals surface area contributed by atoms with Gasteiger partial charge in [0.1, 0.15) is 11.5 Å². The maximum atomic E-state index is 6.35. The normalized spacial score (nSPS) is 12.9. The van der Waals surface area contributed by atoms with E-state index in [9.17, 15) is 0 Å². The van der Waals surface area contributed by atoms with Crippen molar-refractivity contribution in [3.63, 3.8) is 0 Å². The van der Waals surface area contributed by atoms with Crippen molar-refractivity contribution in [3.05, 3.63) is 89.4 Å². The van der Waals surface area contributed by atoms with Gasteiger partial charge in [-0.3, -0.25) is 0 Å². The molecule has 1 aromatic heterocycles. The van der Waals surface area contributed by atoms with Crippen molar-refractivity contribution in [1.29, 1.82) is 0 Å². The monoisotopic (exact) mass is 418 g/mol. The SMILES string of the molecule is Clc1ccccc1-c1nnc2n1N=C(c1ccc(Oc3ccccc3)cc1)CS2. The van der Waals surface area contributed by atoms with E-state index in [-0.39, 0.29) is 0 Å². The number of halogens is 1. The standard InChI is InChI=1S/C22H15ClN4OS/c23-19-9-5-4-8-18(19)21-24-25-22-27(21)26-20(14-29-22)15-10-12-17(13-11-15)28-16-6-2-1-3-7-16/h1-13H,14H2. The molecular weight excluding hydrogens is 404 g/mol. The summed E-state index contributed by atoms with van der Waals surface area (Å²) in [4.78, 5) is 0. The smallest absolute Gasteiger partial charge is 0.212 e. The van der Waals surface area contributed by atoms with Gasteiger partial charge in [-0.05, 0) is 54.1 Å². The number of nitrogens with zero attached hydrogens (tertiary/aromatic N) is 4. The van der Waals surface area contributed by atoms with Crippen LogP contribution >= 0.6 is 23.4 Å². The van der Waals surface area contributed by atoms with Crippen molar-refractivity contribution >= 4 is 29.1 Å². The van der Waals surface area contributed by atoms with Crippen LogP contribution in [0.3, 0.4) is 0 Å². The largest absolute Gasteiger partial charge is 0.457 e. The Kier molecular flexibility index (Phi) is 4.79. The number of benzene rings is 3. The van der Waals surface area contributed by atoms with Gasteiger partial charge in [0.15, 0.2) is 5.82 Å². The highest BCUT2D eigenvalue weighted by Crippen LogP contribution is 2.32. The quantitative estimate of drug-likeness (QED) is 0.423. The summed E-state index contributed by atoms with van der Waals surface area (Å²) in [5.41, 5.74) is 2.79. The predicted molar refractivity (Wildman–Crippen MR) is 116 cm³/mol. The molecule has 0 spiro atoms. The first-order valence-electron chi connectivity index (χ1n) is 9.02. The van der Waals surface area contributed by atoms with E-state index in [0.29, 0.717) is 10.8 Å². The zero-order valence-electron chi connectivity index (χ0n) is 15.2. The minimum absolute atomic E-state index is 0.623. The maximum Gasteiger partial charge on any atom is 0.212 e. The average Bonchev–Trinajstić information content (AvgIpc) is 3.18. The summed E-state index contributed by atoms with van der Waals surface area (Å²) in [6, 6.07) is 25.2. The van der Waals surface area contributed by atoms with Gasteiger partial charge in [-0.25, -0.2) is 0 Å². The fourth-order valence-electron chi connectivity index (χ4n) is 3.02. The third-order valence-corrected chi connectivity index (χ3v) is 5.71. The van der Waals surface area contributed by atoms with Crippen molar-refractivity contribution in [2.75, 3.05) is 5.75 Å². The molecule has 142 valence electrons. The first-order valence-corrected chi connectivity index (χ1v) is 10.4. The fourth-order valence-corrected chi connectivity index (χ4v) is 4.08. The van der Waals surface area contributed by atoms with E-state index in [1.165, 1.54) is 0 Å². The van der Waals surface area contributed by atoms with E-state index in [1.54, 1.807) is 16.4 Å². The molecule has 0 atom stereocenters. The zero-order valence-corrected chi connectivity index (χ0v) is 16.8. The molecule has 1 aliphatic rings. The first kappa shape index (κ1) is 18.0. The van der Waals surface area contributed by atoms with Gasteiger partial charge in [0, 0.05) is 11.3 Å². The van der Waals surface area contributed by atoms with Crippen LogP contribution in [0.4, 0.5) is 0 Å². The highest BCUT2D eigenvalue weighted by molar-refractivity contribution is 7.99. The Morgan fingerprint density at radius 1 is 0.828 bits per heavy atom. The summed E-state index contributed by atoms with van der Waals surface area (Å²) < 4.78 is 7.63. The molecule has 5 rings (SSSR count). The van der Waals surface area contributed by atoms with Crippen molar-refractivity contribution in [3.8, 4) is 22.9 Å². The molecule has 0 bridgehead atoms. The Bertz CT molecular complexity index is 1190. The van der Waals surface area contributed by atoms with Crippen LogP contribution in [0.2, 0.25) is 5.02 Å². The number of aromatic nitrogens is 3. The molecule has 2 heterocycles. The fraction of sp³-hybridized carbons (Fsp3) is 0.0455. The van der Waals surface area contributed by atoms with Crippen LogP contribution < -0.4 is 4.74 Å². The van der Waals surface area contributed by atoms with Crippen LogP contribution in [0.1, 0.15) is 5.56 Å². The highest BCUT2D eigenvalue weighted by atomic mass is 35.5. The third kappa shape index (κ3) is 3.64. The number of ether oxygens (including phenoxy) is 1. The molecule has 3 aromatic carbocycles. The Labute approximate surface area is 177 Å². The molecule has 5 nitrogen and oxygen atoms in total. The molecule has 4 aromatic rings. The van der Waals surface area contributed by atoms with Crippen LogP contribution in [0.15, 0.2) is 89.1 Å². The molecule has 0 aliphatic carbocycles. The van der Waals surface area contributed by atoms with Gasteiger partial charge in [-0.2, -0.15) is 9.78 Å². The van der Waals surface area contributed by atoms with Gasteiger partial charge in [-0.15, -0.1) is 10.2 Å². The molecule has 0 fully saturated rings. The summed E-state index contributed by atoms with van der Waals surface area (Å²) in [6.07, 6.45) is 0. The van der Waals surface area contributed by atoms with E-state index in [0.717, 1.165) is 39.2 Å². The Hall–Kier alpha value is -3.09. The molecule has 0 N–H and O–H groups in total. The van der Waals surface area contributed by atoms with Crippen LogP contribution in [0.25, 0.3) is 11.4 Å². The van der Waals surface area contributed by atoms with Gasteiger partial charge in [0.2, 0.25) is 5.16 Å². The summed E-state index contributed by atoms with van der Waals surface area (Å²) in [5, 5.41) is 14.7. The summed E-state index contributed by atoms with van der Waals surface area (Å²) in [5.74, 6) is 2.95. The van der Waals surface area contributed by atoms with E-state index in [2.05, 4.69) is 10.2 Å². The van der Waals surface area contributed by atoms with Crippen molar-refractivity contribution in [2.24, 2.45) is 5.10 Å². The molecule has 1 aliphatic heterocycles. The van der Waals surface area contributed by atoms with Crippen molar-refractivity contribution in [1.82, 2.24) is 14.9 Å². The van der Waals surface area contributed by atoms with Crippen LogP contribution in [0, 0.1) is 0 Å². The lowest BCUT2D eigenvalue weighted by Gasteiger charge is -2.14. The topological polar surface area (TPSA) is 52.3 Å². The molecule has 29 heavy (non-hydrogen) atoms. The van der Waals surface area contributed by atoms with Gasteiger partial charge >= 0.3 is 0 Å². The van der Waals surface area contributed by atoms with Gasteiger partial charge in [0.05, 0.1) is 10.7 Å². The molecule has 7 heteroatoms. The lowest BCUT2D eigenvalue weighted by Crippen LogP contribution is -2.13. The number of fused-ring (bicyclic) bond motifs is 1. The third-order valence-electron chi connectivity index (χ3n) is 4.45. The van der Waals surface area contributed by atoms with Gasteiger partial charge in [0.25, 0.3) is 0 Å². The minimum Gasteiger partial charge on any atom is -0.457 e. The van der Waals surface area contributed by atoms with Crippen molar-refractivity contribution in [2.45, 2.75) is 5.16 Å². The second-order valence-corrected chi connectivity index (χ2v) is 7.72. The van der Waals surface area contributed by atoms with E-state index < -0.39 is 0 Å². The van der Waals surface area contributed by atoms with Crippen LogP contribution in [-0.4, -0.2) is 26.3 Å². The number of hydrogen-bond donors (Lipinski definition) is 0. The second kappa shape index (κ2) is 7.73. The summed E-state index contributed by atoms with van der Waals surface area (Å²) >= 11 is 7.95. The van der Waals surface area contributed by atoms with E-state index in [4.69, 9.17) is 21.4 Å². The molecule has 0 radical (unpaired) electrons. The Morgan fingerprint density at radius 2 is 1.55 bits per heavy atom. The molecule has 0 unspecified atom stereocenters. The molecule has 0 saturated carbocycles. The first-order chi connectivity index (χ1) is 14.3. The second-order valence-electron chi connectivity index (χ2n) is 6.37. The molecule has 0 amide bonds. The lowest BCUT2D eigenvalue weighted by atomic mass is 10.1. The van der Waals surface area contributed by atoms with Crippen LogP contribution in [0.5, 0.6) is 11.5 Å². The van der Waals surface area contributed by atoms with E-state index >= 15 is 0 Å². The summed E-state index contributed by atoms with van der Waals surface area (Å²) in [7, 11) is 0. The zero-order chi connectivity index (χ0) is 19.6. The summed E-state index contributed by atoms with van der Waals surface area (Å²) in [6.45, 7) is 0. The Morgan fingerprint density at radius 3 is 2.34 bits per heavy atom. The van der Waals surface area contributed by atoms with E-state index in [1.807, 2.05) is 78.9 Å². The number of para-hydroxylation sites is 1. The molecule has 0 saturated heterocycles. The Balaban J connectivity index is 1.44. The molecular formula is C22H15ClN4OS.